The van der Waals surface area contributed by atoms with E-state index in [1.807, 2.05) is 0 Å². The fourth-order valence-corrected chi connectivity index (χ4v) is 3.60. The van der Waals surface area contributed by atoms with Gasteiger partial charge >= 0.3 is 0 Å². The average Bonchev–Trinajstić information content (AvgIpc) is 2.45. The van der Waals surface area contributed by atoms with Gasteiger partial charge in [-0.3, -0.25) is 0 Å². The minimum Gasteiger partial charge on any atom is -0.316 e. The zero-order chi connectivity index (χ0) is 14.8. The second-order valence-electron chi connectivity index (χ2n) is 7.11. The maximum absolute atomic E-state index is 3.64. The highest BCUT2D eigenvalue weighted by Gasteiger charge is 2.33. The summed E-state index contributed by atoms with van der Waals surface area (Å²) in [6.45, 7) is 14.2. The Labute approximate surface area is 127 Å². The number of hydrogen-bond donors (Lipinski definition) is 1. The zero-order valence-corrected chi connectivity index (χ0v) is 14.5. The van der Waals surface area contributed by atoms with E-state index in [2.05, 4.69) is 37.9 Å². The van der Waals surface area contributed by atoms with Crippen LogP contribution in [0, 0.1) is 5.41 Å². The number of rotatable bonds is 10. The Morgan fingerprint density at radius 1 is 1.05 bits per heavy atom. The smallest absolute Gasteiger partial charge is 0.00528 e. The Morgan fingerprint density at radius 3 is 2.30 bits per heavy atom. The van der Waals surface area contributed by atoms with Crippen LogP contribution >= 0.6 is 0 Å². The van der Waals surface area contributed by atoms with Crippen molar-refractivity contribution in [3.63, 3.8) is 0 Å². The predicted octanol–water partition coefficient (Wildman–Crippen LogP) is 4.45. The first-order valence-corrected chi connectivity index (χ1v) is 9.08. The lowest BCUT2D eigenvalue weighted by Crippen LogP contribution is -2.47. The van der Waals surface area contributed by atoms with Gasteiger partial charge < -0.3 is 10.2 Å². The van der Waals surface area contributed by atoms with Crippen molar-refractivity contribution in [3.8, 4) is 0 Å². The maximum atomic E-state index is 3.64. The summed E-state index contributed by atoms with van der Waals surface area (Å²) < 4.78 is 0. The molecule has 0 saturated heterocycles. The van der Waals surface area contributed by atoms with Crippen LogP contribution in [0.4, 0.5) is 0 Å². The van der Waals surface area contributed by atoms with Gasteiger partial charge in [-0.15, -0.1) is 0 Å². The third-order valence-electron chi connectivity index (χ3n) is 4.98. The molecule has 0 bridgehead atoms. The van der Waals surface area contributed by atoms with Crippen LogP contribution < -0.4 is 5.32 Å². The van der Waals surface area contributed by atoms with Crippen LogP contribution in [-0.2, 0) is 0 Å². The molecule has 0 radical (unpaired) electrons. The van der Waals surface area contributed by atoms with Crippen molar-refractivity contribution in [1.82, 2.24) is 10.2 Å². The summed E-state index contributed by atoms with van der Waals surface area (Å²) in [4.78, 5) is 2.75. The lowest BCUT2D eigenvalue weighted by Gasteiger charge is -2.43. The molecule has 1 N–H and O–H groups in total. The van der Waals surface area contributed by atoms with Gasteiger partial charge in [0.15, 0.2) is 0 Å². The van der Waals surface area contributed by atoms with Gasteiger partial charge in [0.05, 0.1) is 0 Å². The second-order valence-corrected chi connectivity index (χ2v) is 7.11. The molecule has 1 aliphatic carbocycles. The van der Waals surface area contributed by atoms with Crippen LogP contribution in [0.15, 0.2) is 0 Å². The maximum Gasteiger partial charge on any atom is 0.00528 e. The Kier molecular flexibility index (Phi) is 8.79. The van der Waals surface area contributed by atoms with Crippen LogP contribution in [0.3, 0.4) is 0 Å². The quantitative estimate of drug-likeness (QED) is 0.596. The molecule has 0 unspecified atom stereocenters. The molecule has 2 nitrogen and oxygen atoms in total. The molecule has 120 valence electrons. The molecule has 1 aliphatic rings. The molecule has 1 rings (SSSR count). The SMILES string of the molecule is CCCCCN(CC1(CNCC)CCCCC1)C(C)C. The highest BCUT2D eigenvalue weighted by atomic mass is 15.2. The topological polar surface area (TPSA) is 15.3 Å². The van der Waals surface area contributed by atoms with Crippen molar-refractivity contribution in [3.05, 3.63) is 0 Å². The zero-order valence-electron chi connectivity index (χ0n) is 14.5. The van der Waals surface area contributed by atoms with Crippen molar-refractivity contribution in [2.24, 2.45) is 5.41 Å². The summed E-state index contributed by atoms with van der Waals surface area (Å²) in [5, 5.41) is 3.64. The summed E-state index contributed by atoms with van der Waals surface area (Å²) in [7, 11) is 0. The summed E-state index contributed by atoms with van der Waals surface area (Å²) >= 11 is 0. The Hall–Kier alpha value is -0.0800. The number of nitrogens with zero attached hydrogens (tertiary/aromatic N) is 1. The van der Waals surface area contributed by atoms with E-state index in [0.29, 0.717) is 11.5 Å². The molecule has 20 heavy (non-hydrogen) atoms. The highest BCUT2D eigenvalue weighted by Crippen LogP contribution is 2.37. The molecule has 0 aromatic rings. The van der Waals surface area contributed by atoms with Crippen molar-refractivity contribution in [1.29, 1.82) is 0 Å². The lowest BCUT2D eigenvalue weighted by molar-refractivity contribution is 0.0825. The van der Waals surface area contributed by atoms with E-state index in [4.69, 9.17) is 0 Å². The molecular formula is C18H38N2. The van der Waals surface area contributed by atoms with Crippen molar-refractivity contribution in [2.75, 3.05) is 26.2 Å². The molecule has 1 fully saturated rings. The van der Waals surface area contributed by atoms with E-state index in [1.54, 1.807) is 0 Å². The number of nitrogens with one attached hydrogen (secondary N) is 1. The van der Waals surface area contributed by atoms with E-state index in [0.717, 1.165) is 6.54 Å². The molecule has 0 atom stereocenters. The summed E-state index contributed by atoms with van der Waals surface area (Å²) in [6.07, 6.45) is 11.3. The van der Waals surface area contributed by atoms with E-state index in [-0.39, 0.29) is 0 Å². The number of hydrogen-bond acceptors (Lipinski definition) is 2. The first-order chi connectivity index (χ1) is 9.63. The van der Waals surface area contributed by atoms with E-state index < -0.39 is 0 Å². The minimum atomic E-state index is 0.546. The Balaban J connectivity index is 2.58. The van der Waals surface area contributed by atoms with Crippen molar-refractivity contribution in [2.45, 2.75) is 85.1 Å². The lowest BCUT2D eigenvalue weighted by atomic mass is 9.73. The summed E-state index contributed by atoms with van der Waals surface area (Å²) in [5.74, 6) is 0. The molecule has 1 saturated carbocycles. The van der Waals surface area contributed by atoms with Crippen LogP contribution in [0.5, 0.6) is 0 Å². The molecule has 0 amide bonds. The van der Waals surface area contributed by atoms with Gasteiger partial charge in [-0.2, -0.15) is 0 Å². The third-order valence-corrected chi connectivity index (χ3v) is 4.98. The fraction of sp³-hybridized carbons (Fsp3) is 1.00. The first-order valence-electron chi connectivity index (χ1n) is 9.08. The van der Waals surface area contributed by atoms with Crippen molar-refractivity contribution < 1.29 is 0 Å². The summed E-state index contributed by atoms with van der Waals surface area (Å²) in [6, 6.07) is 0.687. The van der Waals surface area contributed by atoms with Crippen LogP contribution in [0.1, 0.15) is 79.1 Å². The van der Waals surface area contributed by atoms with Crippen LogP contribution in [0.2, 0.25) is 0 Å². The van der Waals surface area contributed by atoms with Gasteiger partial charge in [0.2, 0.25) is 0 Å². The molecule has 0 aliphatic heterocycles. The van der Waals surface area contributed by atoms with Gasteiger partial charge in [0.25, 0.3) is 0 Å². The Morgan fingerprint density at radius 2 is 1.75 bits per heavy atom. The van der Waals surface area contributed by atoms with E-state index in [9.17, 15) is 0 Å². The van der Waals surface area contributed by atoms with Gasteiger partial charge in [0, 0.05) is 19.1 Å². The van der Waals surface area contributed by atoms with Gasteiger partial charge in [0.1, 0.15) is 0 Å². The molecule has 0 aromatic heterocycles. The Bertz CT molecular complexity index is 232. The van der Waals surface area contributed by atoms with Gasteiger partial charge in [-0.1, -0.05) is 46.0 Å². The van der Waals surface area contributed by atoms with Crippen LogP contribution in [-0.4, -0.2) is 37.1 Å². The van der Waals surface area contributed by atoms with Crippen LogP contribution in [0.25, 0.3) is 0 Å². The minimum absolute atomic E-state index is 0.546. The molecule has 0 aromatic carbocycles. The number of unbranched alkanes of at least 4 members (excludes halogenated alkanes) is 2. The van der Waals surface area contributed by atoms with E-state index >= 15 is 0 Å². The monoisotopic (exact) mass is 282 g/mol. The predicted molar refractivity (Wildman–Crippen MR) is 90.3 cm³/mol. The molecule has 0 spiro atoms. The standard InChI is InChI=1S/C18H38N2/c1-5-7-11-14-20(17(3)4)16-18(15-19-6-2)12-9-8-10-13-18/h17,19H,5-16H2,1-4H3. The highest BCUT2D eigenvalue weighted by molar-refractivity contribution is 4.88. The molecule has 0 heterocycles. The normalized spacial score (nSPS) is 18.9. The fourth-order valence-electron chi connectivity index (χ4n) is 3.60. The largest absolute Gasteiger partial charge is 0.316 e. The molecular weight excluding hydrogens is 244 g/mol. The molecule has 2 heteroatoms. The second kappa shape index (κ2) is 9.78. The van der Waals surface area contributed by atoms with Gasteiger partial charge in [-0.05, 0) is 51.6 Å². The van der Waals surface area contributed by atoms with E-state index in [1.165, 1.54) is 71.0 Å². The summed E-state index contributed by atoms with van der Waals surface area (Å²) in [5.41, 5.74) is 0.546. The van der Waals surface area contributed by atoms with Crippen molar-refractivity contribution >= 4 is 0 Å². The average molecular weight is 283 g/mol. The van der Waals surface area contributed by atoms with Gasteiger partial charge in [-0.25, -0.2) is 0 Å². The first kappa shape index (κ1) is 18.0. The third kappa shape index (κ3) is 6.13.